The molecule has 3 aromatic rings. The van der Waals surface area contributed by atoms with Gasteiger partial charge in [0.1, 0.15) is 5.75 Å². The molecule has 4 rings (SSSR count). The Balaban J connectivity index is 1.41. The normalized spacial score (nSPS) is 18.0. The largest absolute Gasteiger partial charge is 0.497 e. The highest BCUT2D eigenvalue weighted by Gasteiger charge is 2.26. The molecule has 1 N–H and O–H groups in total. The van der Waals surface area contributed by atoms with Crippen LogP contribution in [-0.2, 0) is 0 Å². The maximum absolute atomic E-state index is 12.8. The van der Waals surface area contributed by atoms with Crippen LogP contribution < -0.4 is 9.64 Å². The van der Waals surface area contributed by atoms with Crippen LogP contribution in [0.1, 0.15) is 17.3 Å². The van der Waals surface area contributed by atoms with Crippen molar-refractivity contribution in [1.29, 1.82) is 0 Å². The molecule has 140 valence electrons. The van der Waals surface area contributed by atoms with E-state index in [4.69, 9.17) is 4.74 Å². The maximum atomic E-state index is 12.8. The van der Waals surface area contributed by atoms with Gasteiger partial charge in [0, 0.05) is 54.0 Å². The fourth-order valence-electron chi connectivity index (χ4n) is 3.92. The number of hydrogen-bond acceptors (Lipinski definition) is 4. The van der Waals surface area contributed by atoms with Crippen LogP contribution in [0.25, 0.3) is 10.9 Å². The van der Waals surface area contributed by atoms with Crippen molar-refractivity contribution in [1.82, 2.24) is 9.88 Å². The van der Waals surface area contributed by atoms with Gasteiger partial charge < -0.3 is 14.6 Å². The van der Waals surface area contributed by atoms with Crippen LogP contribution in [0, 0.1) is 0 Å². The number of H-pyrrole nitrogens is 1. The molecule has 1 aliphatic heterocycles. The maximum Gasteiger partial charge on any atom is 0.178 e. The number of methoxy groups -OCH3 is 1. The molecule has 0 bridgehead atoms. The highest BCUT2D eigenvalue weighted by molar-refractivity contribution is 6.08. The van der Waals surface area contributed by atoms with Gasteiger partial charge in [0.2, 0.25) is 0 Å². The Hall–Kier alpha value is -2.79. The standard InChI is InChI=1S/C22H25N3O2/c1-16-14-24(11-12-25(16)17-7-9-18(27-2)10-8-17)15-22(26)20-13-23-21-6-4-3-5-19(20)21/h3-10,13,16,23H,11-12,14-15H2,1-2H3/t16-/m1/s1. The first-order chi connectivity index (χ1) is 13.2. The fourth-order valence-corrected chi connectivity index (χ4v) is 3.92. The highest BCUT2D eigenvalue weighted by Crippen LogP contribution is 2.24. The van der Waals surface area contributed by atoms with E-state index in [-0.39, 0.29) is 5.78 Å². The first-order valence-electron chi connectivity index (χ1n) is 9.38. The number of nitrogens with zero attached hydrogens (tertiary/aromatic N) is 2. The molecule has 0 aliphatic carbocycles. The highest BCUT2D eigenvalue weighted by atomic mass is 16.5. The second kappa shape index (κ2) is 7.45. The van der Waals surface area contributed by atoms with Crippen LogP contribution in [-0.4, -0.2) is 55.0 Å². The summed E-state index contributed by atoms with van der Waals surface area (Å²) in [6.45, 7) is 5.34. The molecule has 27 heavy (non-hydrogen) atoms. The summed E-state index contributed by atoms with van der Waals surface area (Å²) in [4.78, 5) is 20.7. The van der Waals surface area contributed by atoms with E-state index in [1.165, 1.54) is 5.69 Å². The zero-order chi connectivity index (χ0) is 18.8. The zero-order valence-electron chi connectivity index (χ0n) is 15.8. The summed E-state index contributed by atoms with van der Waals surface area (Å²) in [5.74, 6) is 1.05. The van der Waals surface area contributed by atoms with Crippen molar-refractivity contribution in [2.75, 3.05) is 38.2 Å². The van der Waals surface area contributed by atoms with Gasteiger partial charge in [0.15, 0.2) is 5.78 Å². The van der Waals surface area contributed by atoms with Gasteiger partial charge >= 0.3 is 0 Å². The molecule has 2 aromatic carbocycles. The molecule has 1 atom stereocenters. The number of benzene rings is 2. The van der Waals surface area contributed by atoms with Crippen molar-refractivity contribution in [2.45, 2.75) is 13.0 Å². The van der Waals surface area contributed by atoms with Crippen LogP contribution in [0.15, 0.2) is 54.7 Å². The Labute approximate surface area is 159 Å². The number of aromatic nitrogens is 1. The predicted molar refractivity (Wildman–Crippen MR) is 109 cm³/mol. The summed E-state index contributed by atoms with van der Waals surface area (Å²) >= 11 is 0. The Kier molecular flexibility index (Phi) is 4.86. The molecule has 0 spiro atoms. The summed E-state index contributed by atoms with van der Waals surface area (Å²) in [6, 6.07) is 16.5. The van der Waals surface area contributed by atoms with Gasteiger partial charge in [-0.1, -0.05) is 18.2 Å². The molecule has 0 amide bonds. The number of piperazine rings is 1. The minimum atomic E-state index is 0.178. The van der Waals surface area contributed by atoms with Crippen molar-refractivity contribution >= 4 is 22.4 Å². The Bertz CT molecular complexity index is 932. The Morgan fingerprint density at radius 3 is 2.67 bits per heavy atom. The second-order valence-corrected chi connectivity index (χ2v) is 7.15. The third kappa shape index (κ3) is 3.55. The van der Waals surface area contributed by atoms with E-state index in [1.54, 1.807) is 7.11 Å². The lowest BCUT2D eigenvalue weighted by Gasteiger charge is -2.41. The average molecular weight is 363 g/mol. The van der Waals surface area contributed by atoms with Gasteiger partial charge in [-0.15, -0.1) is 0 Å². The number of aromatic amines is 1. The smallest absolute Gasteiger partial charge is 0.178 e. The van der Waals surface area contributed by atoms with E-state index in [9.17, 15) is 4.79 Å². The quantitative estimate of drug-likeness (QED) is 0.704. The van der Waals surface area contributed by atoms with E-state index in [1.807, 2.05) is 42.6 Å². The first kappa shape index (κ1) is 17.6. The summed E-state index contributed by atoms with van der Waals surface area (Å²) in [7, 11) is 1.68. The molecule has 2 heterocycles. The third-order valence-electron chi connectivity index (χ3n) is 5.37. The molecular formula is C22H25N3O2. The number of hydrogen-bond donors (Lipinski definition) is 1. The van der Waals surface area contributed by atoms with Gasteiger partial charge in [-0.3, -0.25) is 9.69 Å². The van der Waals surface area contributed by atoms with Crippen molar-refractivity contribution in [2.24, 2.45) is 0 Å². The van der Waals surface area contributed by atoms with Crippen LogP contribution in [0.5, 0.6) is 5.75 Å². The summed E-state index contributed by atoms with van der Waals surface area (Å²) in [6.07, 6.45) is 1.84. The molecule has 1 saturated heterocycles. The minimum absolute atomic E-state index is 0.178. The van der Waals surface area contributed by atoms with Crippen LogP contribution in [0.2, 0.25) is 0 Å². The number of ether oxygens (including phenoxy) is 1. The Morgan fingerprint density at radius 1 is 1.15 bits per heavy atom. The molecule has 1 aliphatic rings. The molecule has 5 nitrogen and oxygen atoms in total. The summed E-state index contributed by atoms with van der Waals surface area (Å²) < 4.78 is 5.24. The fraction of sp³-hybridized carbons (Fsp3) is 0.318. The molecule has 5 heteroatoms. The number of fused-ring (bicyclic) bond motifs is 1. The van der Waals surface area contributed by atoms with Crippen molar-refractivity contribution in [3.05, 3.63) is 60.3 Å². The minimum Gasteiger partial charge on any atom is -0.497 e. The second-order valence-electron chi connectivity index (χ2n) is 7.15. The summed E-state index contributed by atoms with van der Waals surface area (Å²) in [5, 5.41) is 1.01. The number of carbonyl (C=O) groups excluding carboxylic acids is 1. The van der Waals surface area contributed by atoms with Gasteiger partial charge in [0.25, 0.3) is 0 Å². The van der Waals surface area contributed by atoms with Gasteiger partial charge in [-0.25, -0.2) is 0 Å². The lowest BCUT2D eigenvalue weighted by Crippen LogP contribution is -2.53. The lowest BCUT2D eigenvalue weighted by atomic mass is 10.1. The van der Waals surface area contributed by atoms with Gasteiger partial charge in [-0.2, -0.15) is 0 Å². The van der Waals surface area contributed by atoms with E-state index in [0.717, 1.165) is 41.9 Å². The lowest BCUT2D eigenvalue weighted by molar-refractivity contribution is 0.0919. The van der Waals surface area contributed by atoms with Crippen LogP contribution in [0.3, 0.4) is 0 Å². The molecule has 0 saturated carbocycles. The van der Waals surface area contributed by atoms with E-state index in [2.05, 4.69) is 33.8 Å². The van der Waals surface area contributed by atoms with Crippen molar-refractivity contribution < 1.29 is 9.53 Å². The van der Waals surface area contributed by atoms with Crippen molar-refractivity contribution in [3.8, 4) is 5.75 Å². The monoisotopic (exact) mass is 363 g/mol. The van der Waals surface area contributed by atoms with Crippen LogP contribution >= 0.6 is 0 Å². The topological polar surface area (TPSA) is 48.6 Å². The summed E-state index contributed by atoms with van der Waals surface area (Å²) in [5.41, 5.74) is 3.00. The number of rotatable bonds is 5. The van der Waals surface area contributed by atoms with Crippen molar-refractivity contribution in [3.63, 3.8) is 0 Å². The number of nitrogens with one attached hydrogen (secondary N) is 1. The molecular weight excluding hydrogens is 338 g/mol. The Morgan fingerprint density at radius 2 is 1.93 bits per heavy atom. The molecule has 0 radical (unpaired) electrons. The SMILES string of the molecule is COc1ccc(N2CCN(CC(=O)c3c[nH]c4ccccc34)C[C@H]2C)cc1. The number of carbonyl (C=O) groups is 1. The van der Waals surface area contributed by atoms with Gasteiger partial charge in [-0.05, 0) is 37.3 Å². The number of Topliss-reactive ketones (excluding diaryl/α,β-unsaturated/α-hetero) is 1. The number of para-hydroxylation sites is 1. The molecule has 1 aromatic heterocycles. The number of anilines is 1. The van der Waals surface area contributed by atoms with E-state index < -0.39 is 0 Å². The first-order valence-corrected chi connectivity index (χ1v) is 9.38. The van der Waals surface area contributed by atoms with Crippen LogP contribution in [0.4, 0.5) is 5.69 Å². The predicted octanol–water partition coefficient (Wildman–Crippen LogP) is 3.57. The third-order valence-corrected chi connectivity index (χ3v) is 5.37. The van der Waals surface area contributed by atoms with E-state index >= 15 is 0 Å². The average Bonchev–Trinajstić information content (AvgIpc) is 3.12. The van der Waals surface area contributed by atoms with Gasteiger partial charge in [0.05, 0.1) is 13.7 Å². The van der Waals surface area contributed by atoms with E-state index in [0.29, 0.717) is 12.6 Å². The molecule has 0 unspecified atom stereocenters. The molecule has 1 fully saturated rings. The number of ketones is 1. The zero-order valence-corrected chi connectivity index (χ0v) is 15.8.